The van der Waals surface area contributed by atoms with Gasteiger partial charge in [-0.1, -0.05) is 41.9 Å². The van der Waals surface area contributed by atoms with Gasteiger partial charge in [0.25, 0.3) is 0 Å². The molecule has 3 aromatic carbocycles. The SMILES string of the molecule is CCOc1ccc(C2CC(=O)C3=C(C2)Nc2ccccc2NC3c2ccc(OCC)c(Cl)c2)cc1. The molecule has 35 heavy (non-hydrogen) atoms. The Morgan fingerprint density at radius 3 is 2.31 bits per heavy atom. The van der Waals surface area contributed by atoms with Crippen LogP contribution in [0.5, 0.6) is 11.5 Å². The number of ketones is 1. The molecule has 0 saturated heterocycles. The quantitative estimate of drug-likeness (QED) is 0.387. The molecule has 180 valence electrons. The second-order valence-electron chi connectivity index (χ2n) is 8.79. The average molecular weight is 489 g/mol. The van der Waals surface area contributed by atoms with Crippen LogP contribution >= 0.6 is 11.6 Å². The van der Waals surface area contributed by atoms with Crippen molar-refractivity contribution in [2.24, 2.45) is 0 Å². The zero-order valence-corrected chi connectivity index (χ0v) is 20.7. The van der Waals surface area contributed by atoms with E-state index in [2.05, 4.69) is 22.8 Å². The summed E-state index contributed by atoms with van der Waals surface area (Å²) >= 11 is 6.54. The second kappa shape index (κ2) is 10.0. The van der Waals surface area contributed by atoms with Crippen LogP contribution in [0.4, 0.5) is 11.4 Å². The van der Waals surface area contributed by atoms with Gasteiger partial charge in [0.15, 0.2) is 5.78 Å². The maximum Gasteiger partial charge on any atom is 0.163 e. The predicted molar refractivity (Wildman–Crippen MR) is 141 cm³/mol. The lowest BCUT2D eigenvalue weighted by Gasteiger charge is -2.30. The molecule has 1 aliphatic carbocycles. The van der Waals surface area contributed by atoms with Crippen LogP contribution < -0.4 is 20.1 Å². The summed E-state index contributed by atoms with van der Waals surface area (Å²) in [7, 11) is 0. The van der Waals surface area contributed by atoms with Crippen molar-refractivity contribution in [1.29, 1.82) is 0 Å². The number of carbonyl (C=O) groups is 1. The molecule has 0 radical (unpaired) electrons. The van der Waals surface area contributed by atoms with Crippen LogP contribution in [0.25, 0.3) is 0 Å². The minimum Gasteiger partial charge on any atom is -0.494 e. The summed E-state index contributed by atoms with van der Waals surface area (Å²) in [6, 6.07) is 21.6. The first kappa shape index (κ1) is 23.3. The number of carbonyl (C=O) groups excluding carboxylic acids is 1. The maximum absolute atomic E-state index is 13.7. The van der Waals surface area contributed by atoms with Crippen LogP contribution in [-0.4, -0.2) is 19.0 Å². The number of rotatable bonds is 6. The number of hydrogen-bond donors (Lipinski definition) is 2. The third-order valence-corrected chi connectivity index (χ3v) is 6.86. The van der Waals surface area contributed by atoms with Crippen LogP contribution in [0.2, 0.25) is 5.02 Å². The molecule has 0 aromatic heterocycles. The monoisotopic (exact) mass is 488 g/mol. The highest BCUT2D eigenvalue weighted by Crippen LogP contribution is 2.45. The van der Waals surface area contributed by atoms with Crippen LogP contribution in [0, 0.1) is 0 Å². The molecule has 0 fully saturated rings. The molecule has 1 aliphatic heterocycles. The summed E-state index contributed by atoms with van der Waals surface area (Å²) in [5, 5.41) is 7.72. The topological polar surface area (TPSA) is 59.6 Å². The van der Waals surface area contributed by atoms with Gasteiger partial charge >= 0.3 is 0 Å². The minimum absolute atomic E-state index is 0.0965. The van der Waals surface area contributed by atoms with Gasteiger partial charge in [0, 0.05) is 17.7 Å². The zero-order chi connectivity index (χ0) is 24.4. The van der Waals surface area contributed by atoms with E-state index in [9.17, 15) is 4.79 Å². The number of fused-ring (bicyclic) bond motifs is 1. The van der Waals surface area contributed by atoms with Crippen LogP contribution in [0.3, 0.4) is 0 Å². The van der Waals surface area contributed by atoms with Gasteiger partial charge in [-0.05, 0) is 73.7 Å². The molecule has 0 saturated carbocycles. The van der Waals surface area contributed by atoms with Crippen molar-refractivity contribution in [3.8, 4) is 11.5 Å². The number of nitrogens with one attached hydrogen (secondary N) is 2. The number of Topliss-reactive ketones (excluding diaryl/α,β-unsaturated/α-hetero) is 1. The highest BCUT2D eigenvalue weighted by atomic mass is 35.5. The van der Waals surface area contributed by atoms with E-state index < -0.39 is 0 Å². The standard InChI is InChI=1S/C29H29ClN2O3/c1-3-34-21-12-9-18(10-13-21)20-16-25-28(26(33)17-20)29(32-24-8-6-5-7-23(24)31-25)19-11-14-27(35-4-2)22(30)15-19/h5-15,20,29,31-32H,3-4,16-17H2,1-2H3. The molecule has 2 N–H and O–H groups in total. The van der Waals surface area contributed by atoms with Crippen molar-refractivity contribution in [3.63, 3.8) is 0 Å². The zero-order valence-electron chi connectivity index (χ0n) is 19.9. The van der Waals surface area contributed by atoms with Crippen LogP contribution in [-0.2, 0) is 4.79 Å². The molecule has 0 amide bonds. The third-order valence-electron chi connectivity index (χ3n) is 6.56. The van der Waals surface area contributed by atoms with E-state index in [4.69, 9.17) is 21.1 Å². The number of anilines is 2. The minimum atomic E-state index is -0.317. The van der Waals surface area contributed by atoms with E-state index >= 15 is 0 Å². The Balaban J connectivity index is 1.54. The fourth-order valence-corrected chi connectivity index (χ4v) is 5.19. The normalized spacial score (nSPS) is 19.1. The second-order valence-corrected chi connectivity index (χ2v) is 9.20. The predicted octanol–water partition coefficient (Wildman–Crippen LogP) is 7.12. The van der Waals surface area contributed by atoms with Gasteiger partial charge in [0.05, 0.1) is 35.7 Å². The molecule has 0 spiro atoms. The van der Waals surface area contributed by atoms with E-state index in [0.29, 0.717) is 30.4 Å². The summed E-state index contributed by atoms with van der Waals surface area (Å²) in [5.74, 6) is 1.72. The van der Waals surface area contributed by atoms with Crippen molar-refractivity contribution in [3.05, 3.63) is 94.1 Å². The summed E-state index contributed by atoms with van der Waals surface area (Å²) < 4.78 is 11.2. The molecule has 1 heterocycles. The lowest BCUT2D eigenvalue weighted by molar-refractivity contribution is -0.116. The van der Waals surface area contributed by atoms with E-state index in [-0.39, 0.29) is 17.7 Å². The molecular weight excluding hydrogens is 460 g/mol. The first-order valence-electron chi connectivity index (χ1n) is 12.1. The fraction of sp³-hybridized carbons (Fsp3) is 0.276. The number of hydrogen-bond acceptors (Lipinski definition) is 5. The largest absolute Gasteiger partial charge is 0.494 e. The summed E-state index contributed by atoms with van der Waals surface area (Å²) in [6.07, 6.45) is 1.19. The van der Waals surface area contributed by atoms with Crippen molar-refractivity contribution >= 4 is 28.8 Å². The Morgan fingerprint density at radius 2 is 1.60 bits per heavy atom. The Hall–Kier alpha value is -3.44. The summed E-state index contributed by atoms with van der Waals surface area (Å²) in [6.45, 7) is 5.07. The first-order chi connectivity index (χ1) is 17.1. The number of benzene rings is 3. The van der Waals surface area contributed by atoms with E-state index in [1.165, 1.54) is 0 Å². The average Bonchev–Trinajstić information content (AvgIpc) is 3.03. The van der Waals surface area contributed by atoms with Gasteiger partial charge in [-0.3, -0.25) is 4.79 Å². The highest BCUT2D eigenvalue weighted by Gasteiger charge is 2.36. The molecule has 5 rings (SSSR count). The smallest absolute Gasteiger partial charge is 0.163 e. The van der Waals surface area contributed by atoms with Crippen molar-refractivity contribution in [2.75, 3.05) is 23.8 Å². The van der Waals surface area contributed by atoms with Crippen LogP contribution in [0.15, 0.2) is 78.0 Å². The molecule has 0 bridgehead atoms. The Labute approximate surface area is 211 Å². The first-order valence-corrected chi connectivity index (χ1v) is 12.5. The molecule has 3 aromatic rings. The Kier molecular flexibility index (Phi) is 6.69. The lowest BCUT2D eigenvalue weighted by atomic mass is 9.78. The van der Waals surface area contributed by atoms with E-state index in [1.807, 2.05) is 68.4 Å². The lowest BCUT2D eigenvalue weighted by Crippen LogP contribution is -2.26. The molecule has 2 aliphatic rings. The van der Waals surface area contributed by atoms with Gasteiger partial charge in [-0.2, -0.15) is 0 Å². The third kappa shape index (κ3) is 4.73. The molecular formula is C29H29ClN2O3. The van der Waals surface area contributed by atoms with Gasteiger partial charge in [0.2, 0.25) is 0 Å². The number of allylic oxidation sites excluding steroid dienone is 1. The summed E-state index contributed by atoms with van der Waals surface area (Å²) in [5.41, 5.74) is 5.69. The van der Waals surface area contributed by atoms with Crippen molar-refractivity contribution in [1.82, 2.24) is 0 Å². The number of halogens is 1. The molecule has 5 nitrogen and oxygen atoms in total. The van der Waals surface area contributed by atoms with E-state index in [0.717, 1.165) is 45.9 Å². The van der Waals surface area contributed by atoms with E-state index in [1.54, 1.807) is 0 Å². The van der Waals surface area contributed by atoms with Crippen molar-refractivity contribution in [2.45, 2.75) is 38.6 Å². The fourth-order valence-electron chi connectivity index (χ4n) is 4.95. The van der Waals surface area contributed by atoms with Crippen molar-refractivity contribution < 1.29 is 14.3 Å². The van der Waals surface area contributed by atoms with Gasteiger partial charge in [0.1, 0.15) is 11.5 Å². The number of para-hydroxylation sites is 2. The van der Waals surface area contributed by atoms with Crippen LogP contribution in [0.1, 0.15) is 49.8 Å². The highest BCUT2D eigenvalue weighted by molar-refractivity contribution is 6.32. The molecule has 2 unspecified atom stereocenters. The Bertz CT molecular complexity index is 1270. The molecule has 6 heteroatoms. The van der Waals surface area contributed by atoms with Gasteiger partial charge in [-0.25, -0.2) is 0 Å². The van der Waals surface area contributed by atoms with Gasteiger partial charge in [-0.15, -0.1) is 0 Å². The summed E-state index contributed by atoms with van der Waals surface area (Å²) in [4.78, 5) is 13.7. The Morgan fingerprint density at radius 1 is 0.886 bits per heavy atom. The number of ether oxygens (including phenoxy) is 2. The maximum atomic E-state index is 13.7. The molecule has 2 atom stereocenters. The van der Waals surface area contributed by atoms with Gasteiger partial charge < -0.3 is 20.1 Å².